The highest BCUT2D eigenvalue weighted by atomic mass is 19.4. The largest absolute Gasteiger partial charge is 0.474 e. The van der Waals surface area contributed by atoms with E-state index in [1.54, 1.807) is 13.0 Å². The molecule has 0 bridgehead atoms. The number of benzene rings is 1. The molecule has 0 atom stereocenters. The molecule has 1 aromatic carbocycles. The minimum atomic E-state index is -4.44. The number of hydrogen-bond acceptors (Lipinski definition) is 5. The van der Waals surface area contributed by atoms with Crippen LogP contribution in [-0.2, 0) is 6.18 Å². The smallest absolute Gasteiger partial charge is 0.417 e. The van der Waals surface area contributed by atoms with Crippen LogP contribution >= 0.6 is 0 Å². The summed E-state index contributed by atoms with van der Waals surface area (Å²) in [4.78, 5) is 26.6. The molecule has 7 nitrogen and oxygen atoms in total. The number of hydrogen-bond donors (Lipinski definition) is 1. The third-order valence-corrected chi connectivity index (χ3v) is 5.03. The van der Waals surface area contributed by atoms with E-state index in [0.29, 0.717) is 31.2 Å². The van der Waals surface area contributed by atoms with Crippen molar-refractivity contribution >= 4 is 11.6 Å². The number of nitro benzene ring substituents is 1. The van der Waals surface area contributed by atoms with Crippen LogP contribution in [0.5, 0.6) is 5.88 Å². The van der Waals surface area contributed by atoms with Crippen molar-refractivity contribution in [3.05, 3.63) is 63.3 Å². The minimum absolute atomic E-state index is 0.108. The fourth-order valence-corrected chi connectivity index (χ4v) is 3.33. The van der Waals surface area contributed by atoms with E-state index in [1.807, 2.05) is 0 Å². The molecule has 30 heavy (non-hydrogen) atoms. The van der Waals surface area contributed by atoms with Crippen molar-refractivity contribution in [2.24, 2.45) is 0 Å². The zero-order valence-corrected chi connectivity index (χ0v) is 16.1. The van der Waals surface area contributed by atoms with Crippen LogP contribution in [0.1, 0.15) is 47.2 Å². The number of amides is 1. The molecule has 1 aliphatic rings. The van der Waals surface area contributed by atoms with E-state index >= 15 is 0 Å². The molecule has 1 heterocycles. The summed E-state index contributed by atoms with van der Waals surface area (Å²) in [6.45, 7) is 1.60. The Morgan fingerprint density at radius 1 is 1.20 bits per heavy atom. The Labute approximate surface area is 170 Å². The highest BCUT2D eigenvalue weighted by Gasteiger charge is 2.31. The first-order valence-electron chi connectivity index (χ1n) is 9.39. The van der Waals surface area contributed by atoms with Crippen LogP contribution in [0.25, 0.3) is 0 Å². The number of pyridine rings is 1. The molecule has 160 valence electrons. The number of nitro groups is 1. The fourth-order valence-electron chi connectivity index (χ4n) is 3.33. The molecule has 1 fully saturated rings. The molecule has 0 unspecified atom stereocenters. The predicted molar refractivity (Wildman–Crippen MR) is 101 cm³/mol. The van der Waals surface area contributed by atoms with Crippen molar-refractivity contribution in [2.75, 3.05) is 0 Å². The Morgan fingerprint density at radius 2 is 1.90 bits per heavy atom. The van der Waals surface area contributed by atoms with Gasteiger partial charge in [0.05, 0.1) is 10.5 Å². The lowest BCUT2D eigenvalue weighted by molar-refractivity contribution is -0.385. The van der Waals surface area contributed by atoms with Gasteiger partial charge in [-0.2, -0.15) is 13.2 Å². The highest BCUT2D eigenvalue weighted by Crippen LogP contribution is 2.30. The monoisotopic (exact) mass is 423 g/mol. The van der Waals surface area contributed by atoms with Crippen LogP contribution in [-0.4, -0.2) is 28.0 Å². The molecular weight excluding hydrogens is 403 g/mol. The summed E-state index contributed by atoms with van der Waals surface area (Å²) in [5.74, 6) is -0.255. The van der Waals surface area contributed by atoms with E-state index in [4.69, 9.17) is 4.74 Å². The number of aromatic nitrogens is 1. The zero-order chi connectivity index (χ0) is 21.9. The van der Waals surface area contributed by atoms with Gasteiger partial charge >= 0.3 is 6.18 Å². The fraction of sp³-hybridized carbons (Fsp3) is 0.400. The van der Waals surface area contributed by atoms with Gasteiger partial charge < -0.3 is 10.1 Å². The Balaban J connectivity index is 1.51. The lowest BCUT2D eigenvalue weighted by Crippen LogP contribution is -2.39. The first kappa shape index (κ1) is 21.5. The maximum atomic E-state index is 12.6. The summed E-state index contributed by atoms with van der Waals surface area (Å²) < 4.78 is 43.4. The highest BCUT2D eigenvalue weighted by molar-refractivity contribution is 5.95. The predicted octanol–water partition coefficient (Wildman–Crippen LogP) is 4.44. The summed E-state index contributed by atoms with van der Waals surface area (Å²) in [6.07, 6.45) is -1.48. The lowest BCUT2D eigenvalue weighted by Gasteiger charge is -2.29. The Bertz CT molecular complexity index is 924. The third-order valence-electron chi connectivity index (χ3n) is 5.03. The van der Waals surface area contributed by atoms with E-state index in [-0.39, 0.29) is 35.2 Å². The van der Waals surface area contributed by atoms with Crippen molar-refractivity contribution < 1.29 is 27.6 Å². The molecule has 1 aromatic heterocycles. The summed E-state index contributed by atoms with van der Waals surface area (Å²) in [7, 11) is 0. The standard InChI is InChI=1S/C20H20F3N3O4/c1-12-2-3-13(10-17(12)26(28)29)19(27)25-15-5-7-16(8-6-15)30-18-9-4-14(11-24-18)20(21,22)23/h2-4,9-11,15-16H,5-8H2,1H3,(H,25,27). The number of nitrogens with one attached hydrogen (secondary N) is 1. The van der Waals surface area contributed by atoms with Crippen molar-refractivity contribution in [3.63, 3.8) is 0 Å². The number of alkyl halides is 3. The average Bonchev–Trinajstić information content (AvgIpc) is 2.69. The average molecular weight is 423 g/mol. The zero-order valence-electron chi connectivity index (χ0n) is 16.1. The number of halogens is 3. The molecule has 0 radical (unpaired) electrons. The van der Waals surface area contributed by atoms with Crippen LogP contribution in [0, 0.1) is 17.0 Å². The van der Waals surface area contributed by atoms with Crippen LogP contribution in [0.3, 0.4) is 0 Å². The van der Waals surface area contributed by atoms with Gasteiger partial charge in [0.15, 0.2) is 0 Å². The Kier molecular flexibility index (Phi) is 6.23. The van der Waals surface area contributed by atoms with E-state index in [1.165, 1.54) is 18.2 Å². The van der Waals surface area contributed by atoms with Gasteiger partial charge in [0, 0.05) is 35.5 Å². The summed E-state index contributed by atoms with van der Waals surface area (Å²) in [6, 6.07) is 6.35. The number of rotatable bonds is 5. The molecule has 1 N–H and O–H groups in total. The molecule has 1 aliphatic carbocycles. The van der Waals surface area contributed by atoms with Crippen LogP contribution in [0.15, 0.2) is 36.5 Å². The maximum absolute atomic E-state index is 12.6. The van der Waals surface area contributed by atoms with E-state index < -0.39 is 16.7 Å². The number of nitrogens with zero attached hydrogens (tertiary/aromatic N) is 2. The van der Waals surface area contributed by atoms with Gasteiger partial charge in [-0.3, -0.25) is 14.9 Å². The summed E-state index contributed by atoms with van der Waals surface area (Å²) >= 11 is 0. The van der Waals surface area contributed by atoms with Gasteiger partial charge in [-0.1, -0.05) is 6.07 Å². The van der Waals surface area contributed by atoms with E-state index in [0.717, 1.165) is 12.3 Å². The van der Waals surface area contributed by atoms with Crippen molar-refractivity contribution in [1.82, 2.24) is 10.3 Å². The number of aryl methyl sites for hydroxylation is 1. The number of carbonyl (C=O) groups is 1. The molecule has 10 heteroatoms. The van der Waals surface area contributed by atoms with Gasteiger partial charge in [-0.05, 0) is 44.7 Å². The van der Waals surface area contributed by atoms with E-state index in [2.05, 4.69) is 10.3 Å². The van der Waals surface area contributed by atoms with Gasteiger partial charge in [-0.15, -0.1) is 0 Å². The molecule has 3 rings (SSSR count). The number of carbonyl (C=O) groups excluding carboxylic acids is 1. The van der Waals surface area contributed by atoms with Crippen molar-refractivity contribution in [2.45, 2.75) is 50.9 Å². The van der Waals surface area contributed by atoms with Crippen LogP contribution in [0.2, 0.25) is 0 Å². The van der Waals surface area contributed by atoms with Crippen molar-refractivity contribution in [3.8, 4) is 5.88 Å². The summed E-state index contributed by atoms with van der Waals surface area (Å²) in [5, 5.41) is 13.9. The number of ether oxygens (including phenoxy) is 1. The van der Waals surface area contributed by atoms with Crippen molar-refractivity contribution in [1.29, 1.82) is 0 Å². The maximum Gasteiger partial charge on any atom is 0.417 e. The van der Waals surface area contributed by atoms with Gasteiger partial charge in [-0.25, -0.2) is 4.98 Å². The van der Waals surface area contributed by atoms with Crippen LogP contribution < -0.4 is 10.1 Å². The van der Waals surface area contributed by atoms with Gasteiger partial charge in [0.2, 0.25) is 5.88 Å². The Hall–Kier alpha value is -3.17. The van der Waals surface area contributed by atoms with Gasteiger partial charge in [0.25, 0.3) is 11.6 Å². The molecule has 0 saturated heterocycles. The molecular formula is C20H20F3N3O4. The molecule has 2 aromatic rings. The SMILES string of the molecule is Cc1ccc(C(=O)NC2CCC(Oc3ccc(C(F)(F)F)cn3)CC2)cc1[N+](=O)[O-]. The third kappa shape index (κ3) is 5.25. The van der Waals surface area contributed by atoms with Gasteiger partial charge in [0.1, 0.15) is 6.10 Å². The quantitative estimate of drug-likeness (QED) is 0.567. The van der Waals surface area contributed by atoms with E-state index in [9.17, 15) is 28.1 Å². The molecule has 0 aliphatic heterocycles. The lowest BCUT2D eigenvalue weighted by atomic mass is 9.92. The molecule has 1 saturated carbocycles. The second-order valence-corrected chi connectivity index (χ2v) is 7.21. The first-order valence-corrected chi connectivity index (χ1v) is 9.39. The first-order chi connectivity index (χ1) is 14.1. The summed E-state index contributed by atoms with van der Waals surface area (Å²) in [5.41, 5.74) is -0.243. The minimum Gasteiger partial charge on any atom is -0.474 e. The second kappa shape index (κ2) is 8.68. The normalized spacial score (nSPS) is 19.2. The topological polar surface area (TPSA) is 94.4 Å². The Morgan fingerprint density at radius 3 is 2.47 bits per heavy atom. The second-order valence-electron chi connectivity index (χ2n) is 7.21. The molecule has 0 spiro atoms. The molecule has 1 amide bonds. The van der Waals surface area contributed by atoms with Crippen LogP contribution in [0.4, 0.5) is 18.9 Å².